The molecule has 3 fully saturated rings. The van der Waals surface area contributed by atoms with Crippen molar-refractivity contribution >= 4 is 34.5 Å². The third-order valence-electron chi connectivity index (χ3n) is 14.8. The number of methoxy groups -OCH3 is 1. The first-order valence-corrected chi connectivity index (χ1v) is 24.0. The maximum absolute atomic E-state index is 14.3. The zero-order valence-electron chi connectivity index (χ0n) is 38.6. The van der Waals surface area contributed by atoms with Crippen LogP contribution in [-0.4, -0.2) is 135 Å². The number of ketones is 1. The molecule has 5 atom stereocenters. The minimum Gasteiger partial charge on any atom is -0.489 e. The van der Waals surface area contributed by atoms with Crippen molar-refractivity contribution in [2.24, 2.45) is 11.8 Å². The first-order valence-electron chi connectivity index (χ1n) is 24.0. The Morgan fingerprint density at radius 1 is 1.04 bits per heavy atom. The molecule has 16 heteroatoms. The molecule has 0 radical (unpaired) electrons. The van der Waals surface area contributed by atoms with E-state index in [1.807, 2.05) is 24.3 Å². The number of aromatic nitrogens is 1. The Bertz CT molecular complexity index is 2360. The number of aliphatic hydroxyl groups is 6. The zero-order chi connectivity index (χ0) is 47.5. The van der Waals surface area contributed by atoms with Gasteiger partial charge in [-0.3, -0.25) is 9.59 Å². The number of carbonyl (C=O) groups excluding carboxylic acids is 3. The number of nitrogens with zero attached hydrogens (tertiary/aromatic N) is 1. The third-order valence-corrected chi connectivity index (χ3v) is 14.8. The van der Waals surface area contributed by atoms with Gasteiger partial charge in [0, 0.05) is 80.8 Å². The second kappa shape index (κ2) is 20.9. The van der Waals surface area contributed by atoms with Crippen molar-refractivity contribution in [1.29, 1.82) is 0 Å². The number of aliphatic hydroxyl groups excluding tert-OH is 3. The normalized spacial score (nSPS) is 25.3. The highest BCUT2D eigenvalue weighted by atomic mass is 16.6. The van der Waals surface area contributed by atoms with Crippen LogP contribution in [0, 0.1) is 11.8 Å². The number of hydrogen-bond donors (Lipinski definition) is 7. The lowest BCUT2D eigenvalue weighted by Gasteiger charge is -2.44. The molecule has 8 rings (SSSR count). The molecule has 2 saturated carbocycles. The van der Waals surface area contributed by atoms with Gasteiger partial charge in [-0.2, -0.15) is 0 Å². The molecule has 5 unspecified atom stereocenters. The van der Waals surface area contributed by atoms with Crippen molar-refractivity contribution in [3.8, 4) is 17.2 Å². The highest BCUT2D eigenvalue weighted by Gasteiger charge is 2.52. The number of piperidine rings is 1. The average molecular weight is 931 g/mol. The molecule has 16 nitrogen and oxygen atoms in total. The number of Topliss-reactive ketones (excluding diaryl/α,β-unsaturated/α-hetero) is 1. The Morgan fingerprint density at radius 3 is 2.55 bits per heavy atom. The van der Waals surface area contributed by atoms with Gasteiger partial charge in [0.2, 0.25) is 5.76 Å². The molecule has 5 aliphatic rings. The summed E-state index contributed by atoms with van der Waals surface area (Å²) in [4.78, 5) is 47.4. The van der Waals surface area contributed by atoms with E-state index in [0.29, 0.717) is 74.5 Å². The Labute approximate surface area is 390 Å². The highest BCUT2D eigenvalue weighted by Crippen LogP contribution is 2.58. The first kappa shape index (κ1) is 48.8. The number of rotatable bonds is 18. The van der Waals surface area contributed by atoms with Gasteiger partial charge >= 0.3 is 5.97 Å². The first-order chi connectivity index (χ1) is 32.4. The number of allylic oxidation sites excluding steroid dienone is 3. The summed E-state index contributed by atoms with van der Waals surface area (Å²) >= 11 is 0. The van der Waals surface area contributed by atoms with Gasteiger partial charge in [-0.25, -0.2) is 4.79 Å². The van der Waals surface area contributed by atoms with Gasteiger partial charge in [-0.05, 0) is 119 Å². The van der Waals surface area contributed by atoms with Crippen LogP contribution in [0.4, 0.5) is 0 Å². The van der Waals surface area contributed by atoms with Crippen LogP contribution in [0.5, 0.6) is 17.2 Å². The number of benzene rings is 2. The van der Waals surface area contributed by atoms with E-state index in [9.17, 15) is 45.0 Å². The smallest absolute Gasteiger partial charge is 0.375 e. The Hall–Kier alpha value is -4.65. The van der Waals surface area contributed by atoms with Crippen LogP contribution in [0.1, 0.15) is 112 Å². The SMILES string of the molecule is CCOC(=O)C1=C(C=O)C(=C2CC(CO)C(=O)C(c3ccc4[nH]ccc4c3)C2)c2c(c(CO)c3c(c2OC2CCCC(O)(O)C2)CC(C(O)(CCCCO)C2CCN(CCCOC)CC2)O3)O1. The molecule has 67 heavy (non-hydrogen) atoms. The van der Waals surface area contributed by atoms with Gasteiger partial charge in [-0.1, -0.05) is 11.6 Å². The lowest BCUT2D eigenvalue weighted by molar-refractivity contribution is -0.196. The van der Waals surface area contributed by atoms with Crippen LogP contribution < -0.4 is 14.2 Å². The molecule has 0 spiro atoms. The molecule has 2 aromatic carbocycles. The Morgan fingerprint density at radius 2 is 1.85 bits per heavy atom. The number of fused-ring (bicyclic) bond motifs is 3. The summed E-state index contributed by atoms with van der Waals surface area (Å²) < 4.78 is 31.1. The highest BCUT2D eigenvalue weighted by molar-refractivity contribution is 6.11. The summed E-state index contributed by atoms with van der Waals surface area (Å²) in [5.41, 5.74) is 1.58. The Balaban J connectivity index is 1.31. The number of aldehydes is 1. The number of H-pyrrole nitrogens is 1. The molecule has 2 aliphatic carbocycles. The number of ether oxygens (including phenoxy) is 5. The fourth-order valence-corrected chi connectivity index (χ4v) is 11.3. The monoisotopic (exact) mass is 930 g/mol. The molecular formula is C51H66N2O14. The molecule has 3 aromatic rings. The summed E-state index contributed by atoms with van der Waals surface area (Å²) in [6.45, 7) is 3.39. The zero-order valence-corrected chi connectivity index (χ0v) is 38.6. The van der Waals surface area contributed by atoms with Crippen molar-refractivity contribution in [3.05, 3.63) is 69.6 Å². The van der Waals surface area contributed by atoms with Crippen LogP contribution >= 0.6 is 0 Å². The third kappa shape index (κ3) is 9.82. The minimum absolute atomic E-state index is 0.0130. The van der Waals surface area contributed by atoms with Gasteiger partial charge in [0.15, 0.2) is 12.1 Å². The molecule has 3 aliphatic heterocycles. The Kier molecular flexibility index (Phi) is 15.2. The predicted octanol–water partition coefficient (Wildman–Crippen LogP) is 4.53. The molecule has 4 heterocycles. The standard InChI is InChI=1S/C51H66N2O14/c1-3-64-49(59)48-38(28-56)42(32-23-33(27-55)44(58)36(24-32)30-9-10-40-31(22-30)11-16-52-40)43-46(65-35-8-6-14-50(60,61)26-35)37-25-41(66-45(37)39(29-57)47(43)67-48)51(62,15-4-5-20-54)34-12-18-53(19-13-34)17-7-21-63-2/h9-11,16,22,28,33-36,41,52,54-55,57,60-62H,3-8,12-15,17-21,23-27,29H2,1-2H3. The number of likely N-dealkylation sites (tertiary alicyclic amines) is 1. The molecule has 0 bridgehead atoms. The van der Waals surface area contributed by atoms with Gasteiger partial charge < -0.3 is 64.2 Å². The van der Waals surface area contributed by atoms with Gasteiger partial charge in [-0.15, -0.1) is 0 Å². The summed E-state index contributed by atoms with van der Waals surface area (Å²) in [6.07, 6.45) is 5.25. The van der Waals surface area contributed by atoms with Gasteiger partial charge in [0.05, 0.1) is 36.5 Å². The number of carbonyl (C=O) groups is 3. The van der Waals surface area contributed by atoms with E-state index in [1.54, 1.807) is 20.2 Å². The van der Waals surface area contributed by atoms with E-state index < -0.39 is 60.4 Å². The summed E-state index contributed by atoms with van der Waals surface area (Å²) in [5, 5.41) is 67.9. The van der Waals surface area contributed by atoms with Crippen LogP contribution in [0.2, 0.25) is 0 Å². The maximum atomic E-state index is 14.3. The minimum atomic E-state index is -2.03. The van der Waals surface area contributed by atoms with E-state index in [0.717, 1.165) is 37.0 Å². The van der Waals surface area contributed by atoms with E-state index in [4.69, 9.17) is 23.7 Å². The van der Waals surface area contributed by atoms with Crippen LogP contribution in [0.25, 0.3) is 16.5 Å². The lowest BCUT2D eigenvalue weighted by Crippen LogP contribution is -2.54. The number of unbranched alkanes of at least 4 members (excludes halogenated alkanes) is 1. The number of esters is 1. The molecular weight excluding hydrogens is 865 g/mol. The topological polar surface area (TPSA) is 238 Å². The number of nitrogens with one attached hydrogen (secondary N) is 1. The van der Waals surface area contributed by atoms with Crippen LogP contribution in [0.15, 0.2) is 47.4 Å². The van der Waals surface area contributed by atoms with Crippen LogP contribution in [0.3, 0.4) is 0 Å². The van der Waals surface area contributed by atoms with E-state index in [2.05, 4.69) is 9.88 Å². The summed E-state index contributed by atoms with van der Waals surface area (Å²) in [6, 6.07) is 7.56. The van der Waals surface area contributed by atoms with Crippen molar-refractivity contribution in [3.63, 3.8) is 0 Å². The quantitative estimate of drug-likeness (QED) is 0.0402. The van der Waals surface area contributed by atoms with Crippen molar-refractivity contribution < 1.29 is 68.7 Å². The summed E-state index contributed by atoms with van der Waals surface area (Å²) in [7, 11) is 1.68. The largest absolute Gasteiger partial charge is 0.489 e. The molecule has 364 valence electrons. The molecule has 7 N–H and O–H groups in total. The van der Waals surface area contributed by atoms with Gasteiger partial charge in [0.25, 0.3) is 0 Å². The van der Waals surface area contributed by atoms with Crippen molar-refractivity contribution in [2.45, 2.75) is 127 Å². The van der Waals surface area contributed by atoms with Crippen LogP contribution in [-0.2, 0) is 36.9 Å². The van der Waals surface area contributed by atoms with E-state index in [-0.39, 0.29) is 96.5 Å². The van der Waals surface area contributed by atoms with Crippen molar-refractivity contribution in [1.82, 2.24) is 9.88 Å². The van der Waals surface area contributed by atoms with Gasteiger partial charge in [0.1, 0.15) is 40.8 Å². The van der Waals surface area contributed by atoms with E-state index >= 15 is 0 Å². The molecule has 1 aromatic heterocycles. The van der Waals surface area contributed by atoms with E-state index in [1.165, 1.54) is 0 Å². The maximum Gasteiger partial charge on any atom is 0.375 e. The fourth-order valence-electron chi connectivity index (χ4n) is 11.3. The lowest BCUT2D eigenvalue weighted by atomic mass is 9.71. The summed E-state index contributed by atoms with van der Waals surface area (Å²) in [5.74, 6) is -5.13. The average Bonchev–Trinajstić information content (AvgIpc) is 3.99. The predicted molar refractivity (Wildman–Crippen MR) is 245 cm³/mol. The second-order valence-corrected chi connectivity index (χ2v) is 19.0. The number of aromatic amines is 1. The van der Waals surface area contributed by atoms with Crippen molar-refractivity contribution in [2.75, 3.05) is 53.2 Å². The second-order valence-electron chi connectivity index (χ2n) is 19.0. The molecule has 0 amide bonds. The number of hydrogen-bond acceptors (Lipinski definition) is 15. The molecule has 1 saturated heterocycles. The fraction of sp³-hybridized carbons (Fsp3) is 0.588.